The van der Waals surface area contributed by atoms with Crippen LogP contribution in [0, 0.1) is 0 Å². The molecule has 0 bridgehead atoms. The van der Waals surface area contributed by atoms with Gasteiger partial charge in [0.25, 0.3) is 15.9 Å². The summed E-state index contributed by atoms with van der Waals surface area (Å²) < 4.78 is 27.9. The van der Waals surface area contributed by atoms with Crippen molar-refractivity contribution in [2.24, 2.45) is 0 Å². The molecule has 0 radical (unpaired) electrons. The molecule has 3 aromatic carbocycles. The van der Waals surface area contributed by atoms with Crippen molar-refractivity contribution in [3.8, 4) is 0 Å². The summed E-state index contributed by atoms with van der Waals surface area (Å²) in [5.74, 6) is -1.01. The van der Waals surface area contributed by atoms with Gasteiger partial charge in [0, 0.05) is 11.1 Å². The van der Waals surface area contributed by atoms with Gasteiger partial charge in [0.15, 0.2) is 0 Å². The third kappa shape index (κ3) is 6.54. The lowest BCUT2D eigenvalue weighted by atomic mass is 10.1. The van der Waals surface area contributed by atoms with Crippen molar-refractivity contribution in [3.63, 3.8) is 0 Å². The number of anilines is 2. The Morgan fingerprint density at radius 2 is 1.63 bits per heavy atom. The number of carbonyl (C=O) groups is 2. The molecule has 35 heavy (non-hydrogen) atoms. The van der Waals surface area contributed by atoms with Crippen LogP contribution in [0.3, 0.4) is 0 Å². The molecule has 0 aromatic heterocycles. The van der Waals surface area contributed by atoms with Gasteiger partial charge in [-0.15, -0.1) is 0 Å². The lowest BCUT2D eigenvalue weighted by molar-refractivity contribution is -0.114. The van der Waals surface area contributed by atoms with E-state index in [2.05, 4.69) is 10.6 Å². The Morgan fingerprint density at radius 1 is 0.971 bits per heavy atom. The van der Waals surface area contributed by atoms with Crippen LogP contribution in [0.15, 0.2) is 77.7 Å². The van der Waals surface area contributed by atoms with Gasteiger partial charge in [-0.3, -0.25) is 13.9 Å². The summed E-state index contributed by atoms with van der Waals surface area (Å²) in [5, 5.41) is 5.88. The molecule has 0 spiro atoms. The Bertz CT molecular complexity index is 1320. The second-order valence-electron chi connectivity index (χ2n) is 7.80. The fourth-order valence-corrected chi connectivity index (χ4v) is 5.10. The standard InChI is InChI=1S/C25H25Cl2N3O4S/c1-3-17(2)28-25(32)20-11-7-8-12-22(20)29-24(31)16-30(23-15-18(26)13-14-21(23)27)35(33,34)19-9-5-4-6-10-19/h4-15,17H,3,16H2,1-2H3,(H,28,32)(H,29,31)/t17-/m1/s1. The molecule has 2 amide bonds. The number of halogens is 2. The summed E-state index contributed by atoms with van der Waals surface area (Å²) in [6.07, 6.45) is 0.743. The molecule has 3 aromatic rings. The quantitative estimate of drug-likeness (QED) is 0.387. The van der Waals surface area contributed by atoms with Crippen molar-refractivity contribution in [1.82, 2.24) is 5.32 Å². The number of sulfonamides is 1. The molecule has 0 aliphatic carbocycles. The van der Waals surface area contributed by atoms with Gasteiger partial charge in [0.05, 0.1) is 26.9 Å². The third-order valence-electron chi connectivity index (χ3n) is 5.23. The van der Waals surface area contributed by atoms with Gasteiger partial charge in [-0.05, 0) is 55.8 Å². The van der Waals surface area contributed by atoms with Crippen molar-refractivity contribution in [2.75, 3.05) is 16.2 Å². The maximum absolute atomic E-state index is 13.5. The fraction of sp³-hybridized carbons (Fsp3) is 0.200. The average molecular weight is 534 g/mol. The topological polar surface area (TPSA) is 95.6 Å². The molecule has 3 rings (SSSR count). The van der Waals surface area contributed by atoms with Crippen LogP contribution < -0.4 is 14.9 Å². The Labute approximate surface area is 215 Å². The van der Waals surface area contributed by atoms with Gasteiger partial charge >= 0.3 is 0 Å². The summed E-state index contributed by atoms with van der Waals surface area (Å²) in [6, 6.07) is 18.5. The van der Waals surface area contributed by atoms with Gasteiger partial charge in [0.1, 0.15) is 6.54 Å². The summed E-state index contributed by atoms with van der Waals surface area (Å²) in [6.45, 7) is 3.22. The molecular weight excluding hydrogens is 509 g/mol. The van der Waals surface area contributed by atoms with Crippen LogP contribution in [0.2, 0.25) is 10.0 Å². The number of carbonyl (C=O) groups excluding carboxylic acids is 2. The number of amides is 2. The van der Waals surface area contributed by atoms with Gasteiger partial charge in [-0.25, -0.2) is 8.42 Å². The van der Waals surface area contributed by atoms with Crippen molar-refractivity contribution >= 4 is 56.4 Å². The van der Waals surface area contributed by atoms with Crippen LogP contribution in [0.4, 0.5) is 11.4 Å². The summed E-state index contributed by atoms with van der Waals surface area (Å²) in [7, 11) is -4.18. The van der Waals surface area contributed by atoms with E-state index < -0.39 is 22.5 Å². The van der Waals surface area contributed by atoms with E-state index in [-0.39, 0.29) is 43.8 Å². The Kier molecular flexibility index (Phi) is 8.77. The molecule has 2 N–H and O–H groups in total. The highest BCUT2D eigenvalue weighted by atomic mass is 35.5. The zero-order valence-corrected chi connectivity index (χ0v) is 21.5. The minimum atomic E-state index is -4.18. The van der Waals surface area contributed by atoms with E-state index in [0.717, 1.165) is 10.7 Å². The molecule has 0 unspecified atom stereocenters. The number of nitrogens with zero attached hydrogens (tertiary/aromatic N) is 1. The predicted octanol–water partition coefficient (Wildman–Crippen LogP) is 5.36. The van der Waals surface area contributed by atoms with E-state index >= 15 is 0 Å². The van der Waals surface area contributed by atoms with E-state index in [1.807, 2.05) is 13.8 Å². The first-order chi connectivity index (χ1) is 16.6. The fourth-order valence-electron chi connectivity index (χ4n) is 3.21. The van der Waals surface area contributed by atoms with Gasteiger partial charge < -0.3 is 10.6 Å². The Morgan fingerprint density at radius 3 is 2.31 bits per heavy atom. The van der Waals surface area contributed by atoms with Crippen molar-refractivity contribution < 1.29 is 18.0 Å². The number of benzene rings is 3. The van der Waals surface area contributed by atoms with E-state index in [1.54, 1.807) is 42.5 Å². The van der Waals surface area contributed by atoms with E-state index in [9.17, 15) is 18.0 Å². The maximum atomic E-state index is 13.5. The van der Waals surface area contributed by atoms with Gasteiger partial charge in [-0.2, -0.15) is 0 Å². The number of hydrogen-bond donors (Lipinski definition) is 2. The zero-order valence-electron chi connectivity index (χ0n) is 19.2. The zero-order chi connectivity index (χ0) is 25.6. The van der Waals surface area contributed by atoms with E-state index in [1.165, 1.54) is 30.3 Å². The molecule has 184 valence electrons. The van der Waals surface area contributed by atoms with E-state index in [0.29, 0.717) is 0 Å². The Balaban J connectivity index is 1.95. The molecule has 0 fully saturated rings. The molecule has 0 heterocycles. The lowest BCUT2D eigenvalue weighted by Gasteiger charge is -2.25. The van der Waals surface area contributed by atoms with Crippen LogP contribution in [0.5, 0.6) is 0 Å². The number of hydrogen-bond acceptors (Lipinski definition) is 4. The SMILES string of the molecule is CC[C@@H](C)NC(=O)c1ccccc1NC(=O)CN(c1cc(Cl)ccc1Cl)S(=O)(=O)c1ccccc1. The average Bonchev–Trinajstić information content (AvgIpc) is 2.84. The Hall–Kier alpha value is -3.07. The van der Waals surface area contributed by atoms with Crippen molar-refractivity contribution in [3.05, 3.63) is 88.4 Å². The molecule has 0 saturated carbocycles. The second kappa shape index (κ2) is 11.6. The minimum absolute atomic E-state index is 0.0165. The highest BCUT2D eigenvalue weighted by molar-refractivity contribution is 7.92. The van der Waals surface area contributed by atoms with Crippen LogP contribution in [0.25, 0.3) is 0 Å². The molecular formula is C25H25Cl2N3O4S. The first-order valence-electron chi connectivity index (χ1n) is 10.9. The third-order valence-corrected chi connectivity index (χ3v) is 7.56. The smallest absolute Gasteiger partial charge is 0.264 e. The maximum Gasteiger partial charge on any atom is 0.264 e. The molecule has 7 nitrogen and oxygen atoms in total. The van der Waals surface area contributed by atoms with Crippen molar-refractivity contribution in [2.45, 2.75) is 31.2 Å². The summed E-state index contributed by atoms with van der Waals surface area (Å²) in [5.41, 5.74) is 0.577. The second-order valence-corrected chi connectivity index (χ2v) is 10.5. The largest absolute Gasteiger partial charge is 0.350 e. The molecule has 1 atom stereocenters. The van der Waals surface area contributed by atoms with Gasteiger partial charge in [-0.1, -0.05) is 60.5 Å². The number of para-hydroxylation sites is 1. The monoisotopic (exact) mass is 533 g/mol. The molecule has 0 aliphatic heterocycles. The minimum Gasteiger partial charge on any atom is -0.350 e. The lowest BCUT2D eigenvalue weighted by Crippen LogP contribution is -2.39. The highest BCUT2D eigenvalue weighted by Crippen LogP contribution is 2.33. The van der Waals surface area contributed by atoms with Gasteiger partial charge in [0.2, 0.25) is 5.91 Å². The van der Waals surface area contributed by atoms with Crippen LogP contribution in [-0.2, 0) is 14.8 Å². The number of nitrogens with one attached hydrogen (secondary N) is 2. The van der Waals surface area contributed by atoms with E-state index in [4.69, 9.17) is 23.2 Å². The molecule has 0 aliphatic rings. The molecule has 10 heteroatoms. The number of rotatable bonds is 9. The van der Waals surface area contributed by atoms with Crippen LogP contribution >= 0.6 is 23.2 Å². The first kappa shape index (κ1) is 26.5. The normalized spacial score (nSPS) is 12.0. The molecule has 0 saturated heterocycles. The predicted molar refractivity (Wildman–Crippen MR) is 140 cm³/mol. The highest BCUT2D eigenvalue weighted by Gasteiger charge is 2.29. The van der Waals surface area contributed by atoms with Crippen molar-refractivity contribution in [1.29, 1.82) is 0 Å². The summed E-state index contributed by atoms with van der Waals surface area (Å²) in [4.78, 5) is 25.8. The van der Waals surface area contributed by atoms with Crippen LogP contribution in [-0.4, -0.2) is 32.8 Å². The summed E-state index contributed by atoms with van der Waals surface area (Å²) >= 11 is 12.4. The first-order valence-corrected chi connectivity index (χ1v) is 13.1. The van der Waals surface area contributed by atoms with Crippen LogP contribution in [0.1, 0.15) is 30.6 Å².